The van der Waals surface area contributed by atoms with Crippen molar-refractivity contribution in [2.75, 3.05) is 0 Å². The molecular weight excluding hydrogens is 292 g/mol. The highest BCUT2D eigenvalue weighted by Crippen LogP contribution is 2.25. The fourth-order valence-corrected chi connectivity index (χ4v) is 1.24. The van der Waals surface area contributed by atoms with Gasteiger partial charge in [0.1, 0.15) is 0 Å². The van der Waals surface area contributed by atoms with Crippen LogP contribution in [0.5, 0.6) is 0 Å². The summed E-state index contributed by atoms with van der Waals surface area (Å²) in [5, 5.41) is 20.6. The summed E-state index contributed by atoms with van der Waals surface area (Å²) in [6.07, 6.45) is 0. The molecule has 6 nitrogen and oxygen atoms in total. The van der Waals surface area contributed by atoms with Gasteiger partial charge in [0.05, 0.1) is 15.9 Å². The van der Waals surface area contributed by atoms with Crippen LogP contribution in [0.4, 0.5) is 11.4 Å². The smallest absolute Gasteiger partial charge is 0.258 e. The number of benzene rings is 1. The molecule has 0 atom stereocenters. The number of rotatable bonds is 2. The molecule has 0 aliphatic rings. The molecule has 0 amide bonds. The molecule has 0 aromatic heterocycles. The van der Waals surface area contributed by atoms with Gasteiger partial charge in [-0.3, -0.25) is 20.2 Å². The average molecular weight is 307 g/mol. The minimum Gasteiger partial charge on any atom is -0.258 e. The van der Waals surface area contributed by atoms with E-state index in [4.69, 9.17) is 0 Å². The predicted molar refractivity (Wildman–Crippen MR) is 70.1 cm³/mol. The molecule has 1 aromatic rings. The van der Waals surface area contributed by atoms with E-state index in [1.54, 1.807) is 0 Å². The van der Waals surface area contributed by atoms with E-state index in [1.165, 1.54) is 12.1 Å². The first-order valence-electron chi connectivity index (χ1n) is 5.10. The number of non-ortho nitro benzene ring substituents is 2. The molecule has 0 aliphatic carbocycles. The van der Waals surface area contributed by atoms with Crippen molar-refractivity contribution in [1.82, 2.24) is 0 Å². The molecule has 7 heteroatoms. The second-order valence-electron chi connectivity index (χ2n) is 2.18. The summed E-state index contributed by atoms with van der Waals surface area (Å²) in [5.74, 6) is 0. The fraction of sp³-hybridized carbons (Fsp3) is 0.400. The van der Waals surface area contributed by atoms with Crippen molar-refractivity contribution in [1.29, 1.82) is 0 Å². The van der Waals surface area contributed by atoms with Crippen LogP contribution in [-0.2, 0) is 0 Å². The first kappa shape index (κ1) is 17.9. The Labute approximate surface area is 108 Å². The van der Waals surface area contributed by atoms with E-state index in [-0.39, 0.29) is 11.4 Å². The summed E-state index contributed by atoms with van der Waals surface area (Å²) >= 11 is 2.94. The first-order valence-corrected chi connectivity index (χ1v) is 5.89. The molecule has 0 saturated carbocycles. The third-order valence-electron chi connectivity index (χ3n) is 1.29. The van der Waals surface area contributed by atoms with E-state index in [1.807, 2.05) is 27.7 Å². The number of halogens is 1. The van der Waals surface area contributed by atoms with Crippen LogP contribution >= 0.6 is 15.9 Å². The maximum Gasteiger partial charge on any atom is 0.277 e. The second-order valence-corrected chi connectivity index (χ2v) is 3.10. The Morgan fingerprint density at radius 2 is 1.18 bits per heavy atom. The molecule has 0 saturated heterocycles. The summed E-state index contributed by atoms with van der Waals surface area (Å²) < 4.78 is 0.313. The lowest BCUT2D eigenvalue weighted by Gasteiger charge is -1.93. The van der Waals surface area contributed by atoms with Crippen molar-refractivity contribution in [2.24, 2.45) is 0 Å². The average Bonchev–Trinajstić information content (AvgIpc) is 2.33. The zero-order valence-corrected chi connectivity index (χ0v) is 11.7. The molecule has 0 aliphatic heterocycles. The molecule has 96 valence electrons. The van der Waals surface area contributed by atoms with Gasteiger partial charge in [0.15, 0.2) is 0 Å². The molecular formula is C10H15BrN2O4. The van der Waals surface area contributed by atoms with Gasteiger partial charge in [-0.25, -0.2) is 0 Å². The van der Waals surface area contributed by atoms with Crippen LogP contribution in [0.2, 0.25) is 0 Å². The number of nitro groups is 2. The Morgan fingerprint density at radius 3 is 1.41 bits per heavy atom. The van der Waals surface area contributed by atoms with Crippen LogP contribution in [0.1, 0.15) is 27.7 Å². The van der Waals surface area contributed by atoms with Gasteiger partial charge in [-0.1, -0.05) is 43.6 Å². The topological polar surface area (TPSA) is 86.3 Å². The first-order chi connectivity index (χ1) is 8.00. The lowest BCUT2D eigenvalue weighted by atomic mass is 10.3. The van der Waals surface area contributed by atoms with Crippen molar-refractivity contribution >= 4 is 27.3 Å². The van der Waals surface area contributed by atoms with Gasteiger partial charge in [0, 0.05) is 16.6 Å². The summed E-state index contributed by atoms with van der Waals surface area (Å²) in [5.41, 5.74) is -0.609. The standard InChI is InChI=1S/C6H3BrN2O4.2C2H6/c7-4-1-5(8(10)11)3-6(2-4)9(12)13;2*1-2/h1-3H;2*1-2H3. The summed E-state index contributed by atoms with van der Waals surface area (Å²) in [4.78, 5) is 19.2. The van der Waals surface area contributed by atoms with Crippen molar-refractivity contribution in [3.8, 4) is 0 Å². The van der Waals surface area contributed by atoms with E-state index in [2.05, 4.69) is 15.9 Å². The monoisotopic (exact) mass is 306 g/mol. The zero-order chi connectivity index (χ0) is 14.0. The van der Waals surface area contributed by atoms with Gasteiger partial charge in [-0.2, -0.15) is 0 Å². The number of hydrogen-bond acceptors (Lipinski definition) is 4. The van der Waals surface area contributed by atoms with E-state index in [0.717, 1.165) is 6.07 Å². The normalized spacial score (nSPS) is 8.06. The Morgan fingerprint density at radius 1 is 0.882 bits per heavy atom. The lowest BCUT2D eigenvalue weighted by molar-refractivity contribution is -0.394. The number of hydrogen-bond donors (Lipinski definition) is 0. The van der Waals surface area contributed by atoms with Crippen molar-refractivity contribution in [3.63, 3.8) is 0 Å². The van der Waals surface area contributed by atoms with Crippen LogP contribution in [0.3, 0.4) is 0 Å². The van der Waals surface area contributed by atoms with Crippen molar-refractivity contribution in [3.05, 3.63) is 42.9 Å². The van der Waals surface area contributed by atoms with E-state index in [0.29, 0.717) is 4.47 Å². The zero-order valence-electron chi connectivity index (χ0n) is 10.1. The highest BCUT2D eigenvalue weighted by atomic mass is 79.9. The van der Waals surface area contributed by atoms with Gasteiger partial charge in [-0.15, -0.1) is 0 Å². The van der Waals surface area contributed by atoms with Crippen LogP contribution < -0.4 is 0 Å². The molecule has 1 rings (SSSR count). The molecule has 1 aromatic carbocycles. The SMILES string of the molecule is CC.CC.O=[N+]([O-])c1cc(Br)cc([N+](=O)[O-])c1. The molecule has 0 unspecified atom stereocenters. The van der Waals surface area contributed by atoms with Crippen LogP contribution in [0, 0.1) is 20.2 Å². The number of nitro benzene ring substituents is 2. The Hall–Kier alpha value is -1.50. The molecule has 0 fully saturated rings. The maximum atomic E-state index is 10.3. The predicted octanol–water partition coefficient (Wildman–Crippen LogP) is 4.32. The van der Waals surface area contributed by atoms with Crippen molar-refractivity contribution < 1.29 is 9.85 Å². The minimum atomic E-state index is -0.683. The van der Waals surface area contributed by atoms with Gasteiger partial charge in [0.2, 0.25) is 0 Å². The van der Waals surface area contributed by atoms with Gasteiger partial charge in [0.25, 0.3) is 11.4 Å². The number of nitrogens with zero attached hydrogens (tertiary/aromatic N) is 2. The van der Waals surface area contributed by atoms with Crippen molar-refractivity contribution in [2.45, 2.75) is 27.7 Å². The van der Waals surface area contributed by atoms with Crippen LogP contribution in [0.25, 0.3) is 0 Å². The van der Waals surface area contributed by atoms with E-state index in [9.17, 15) is 20.2 Å². The highest BCUT2D eigenvalue weighted by molar-refractivity contribution is 9.10. The fourth-order valence-electron chi connectivity index (χ4n) is 0.770. The third-order valence-corrected chi connectivity index (χ3v) is 1.75. The summed E-state index contributed by atoms with van der Waals surface area (Å²) in [6.45, 7) is 8.00. The van der Waals surface area contributed by atoms with E-state index < -0.39 is 9.85 Å². The highest BCUT2D eigenvalue weighted by Gasteiger charge is 2.14. The Bertz CT molecular complexity index is 350. The molecule has 0 bridgehead atoms. The summed E-state index contributed by atoms with van der Waals surface area (Å²) in [7, 11) is 0. The third kappa shape index (κ3) is 6.62. The Balaban J connectivity index is 0. The largest absolute Gasteiger partial charge is 0.277 e. The molecule has 0 heterocycles. The van der Waals surface area contributed by atoms with Gasteiger partial charge in [-0.05, 0) is 0 Å². The summed E-state index contributed by atoms with van der Waals surface area (Å²) in [6, 6.07) is 3.31. The minimum absolute atomic E-state index is 0.305. The maximum absolute atomic E-state index is 10.3. The van der Waals surface area contributed by atoms with Gasteiger partial charge < -0.3 is 0 Å². The Kier molecular flexibility index (Phi) is 10.2. The quantitative estimate of drug-likeness (QED) is 0.601. The second kappa shape index (κ2) is 9.71. The molecule has 17 heavy (non-hydrogen) atoms. The van der Waals surface area contributed by atoms with Crippen LogP contribution in [-0.4, -0.2) is 9.85 Å². The van der Waals surface area contributed by atoms with E-state index >= 15 is 0 Å². The molecule has 0 radical (unpaired) electrons. The van der Waals surface area contributed by atoms with Crippen LogP contribution in [0.15, 0.2) is 22.7 Å². The van der Waals surface area contributed by atoms with Gasteiger partial charge >= 0.3 is 0 Å². The molecule has 0 N–H and O–H groups in total. The molecule has 0 spiro atoms. The lowest BCUT2D eigenvalue weighted by Crippen LogP contribution is -1.92.